The molecule has 66 valence electrons. The zero-order valence-corrected chi connectivity index (χ0v) is 7.98. The molecule has 0 radical (unpaired) electrons. The van der Waals surface area contributed by atoms with Gasteiger partial charge < -0.3 is 4.81 Å². The zero-order valence-electron chi connectivity index (χ0n) is 7.98. The third-order valence-electron chi connectivity index (χ3n) is 2.61. The highest BCUT2D eigenvalue weighted by Crippen LogP contribution is 2.10. The number of rotatable bonds is 2. The molecular weight excluding hydrogens is 157 g/mol. The average Bonchev–Trinajstić information content (AvgIpc) is 2.67. The molecule has 1 aromatic rings. The van der Waals surface area contributed by atoms with E-state index >= 15 is 0 Å². The van der Waals surface area contributed by atoms with E-state index in [9.17, 15) is 0 Å². The number of hydrogen-bond donors (Lipinski definition) is 0. The molecule has 0 saturated carbocycles. The van der Waals surface area contributed by atoms with E-state index < -0.39 is 0 Å². The molecule has 0 aromatic heterocycles. The summed E-state index contributed by atoms with van der Waals surface area (Å²) in [7, 11) is 0. The predicted molar refractivity (Wildman–Crippen MR) is 58.2 cm³/mol. The molecule has 1 aliphatic heterocycles. The minimum absolute atomic E-state index is 0.575. The first-order valence-corrected chi connectivity index (χ1v) is 4.89. The quantitative estimate of drug-likeness (QED) is 0.612. The van der Waals surface area contributed by atoms with Crippen LogP contribution in [-0.2, 0) is 0 Å². The van der Waals surface area contributed by atoms with Gasteiger partial charge in [-0.15, -0.1) is 0 Å². The van der Waals surface area contributed by atoms with Gasteiger partial charge in [-0.2, -0.15) is 0 Å². The van der Waals surface area contributed by atoms with E-state index in [4.69, 9.17) is 0 Å². The third-order valence-corrected chi connectivity index (χ3v) is 2.61. The highest BCUT2D eigenvalue weighted by atomic mass is 15.0. The van der Waals surface area contributed by atoms with Crippen molar-refractivity contribution in [2.24, 2.45) is 0 Å². The van der Waals surface area contributed by atoms with Crippen molar-refractivity contribution in [2.75, 3.05) is 6.54 Å². The monoisotopic (exact) mass is 171 g/mol. The molecule has 0 saturated heterocycles. The summed E-state index contributed by atoms with van der Waals surface area (Å²) in [5.41, 5.74) is 1.43. The largest absolute Gasteiger partial charge is 0.417 e. The van der Waals surface area contributed by atoms with Crippen molar-refractivity contribution < 1.29 is 0 Å². The van der Waals surface area contributed by atoms with Crippen LogP contribution in [0.4, 0.5) is 0 Å². The summed E-state index contributed by atoms with van der Waals surface area (Å²) in [5, 5.41) is 0. The SMILES string of the molecule is CCN1C=CCB1c1ccccc1. The maximum Gasteiger partial charge on any atom is 0.292 e. The minimum atomic E-state index is 0.575. The fourth-order valence-electron chi connectivity index (χ4n) is 1.89. The third kappa shape index (κ3) is 1.62. The van der Waals surface area contributed by atoms with Crippen LogP contribution >= 0.6 is 0 Å². The van der Waals surface area contributed by atoms with Gasteiger partial charge >= 0.3 is 0 Å². The number of benzene rings is 1. The average molecular weight is 171 g/mol. The first-order chi connectivity index (χ1) is 6.42. The van der Waals surface area contributed by atoms with Gasteiger partial charge in [0.1, 0.15) is 0 Å². The molecule has 1 nitrogen and oxygen atoms in total. The number of nitrogens with zero attached hydrogens (tertiary/aromatic N) is 1. The Labute approximate surface area is 80.2 Å². The van der Waals surface area contributed by atoms with Crippen LogP contribution in [0, 0.1) is 0 Å². The molecule has 0 fully saturated rings. The van der Waals surface area contributed by atoms with Crippen molar-refractivity contribution in [2.45, 2.75) is 13.2 Å². The Morgan fingerprint density at radius 1 is 1.31 bits per heavy atom. The second-order valence-corrected chi connectivity index (χ2v) is 3.38. The molecule has 0 aliphatic carbocycles. The maximum atomic E-state index is 2.38. The Hall–Kier alpha value is -1.18. The van der Waals surface area contributed by atoms with Crippen LogP contribution in [-0.4, -0.2) is 18.2 Å². The smallest absolute Gasteiger partial charge is 0.292 e. The summed E-state index contributed by atoms with van der Waals surface area (Å²) in [6.07, 6.45) is 5.61. The normalized spacial score (nSPS) is 15.5. The second-order valence-electron chi connectivity index (χ2n) is 3.38. The zero-order chi connectivity index (χ0) is 9.10. The lowest BCUT2D eigenvalue weighted by atomic mass is 9.53. The van der Waals surface area contributed by atoms with Crippen molar-refractivity contribution in [3.63, 3.8) is 0 Å². The van der Waals surface area contributed by atoms with Gasteiger partial charge in [0.15, 0.2) is 0 Å². The van der Waals surface area contributed by atoms with Crippen LogP contribution in [0.15, 0.2) is 42.6 Å². The van der Waals surface area contributed by atoms with E-state index in [1.165, 1.54) is 5.46 Å². The molecule has 0 unspecified atom stereocenters. The summed E-state index contributed by atoms with van der Waals surface area (Å²) < 4.78 is 0. The van der Waals surface area contributed by atoms with Crippen LogP contribution in [0.25, 0.3) is 0 Å². The molecule has 1 aliphatic rings. The Morgan fingerprint density at radius 3 is 2.77 bits per heavy atom. The van der Waals surface area contributed by atoms with Crippen LogP contribution in [0.2, 0.25) is 6.32 Å². The van der Waals surface area contributed by atoms with Gasteiger partial charge in [0.2, 0.25) is 0 Å². The Morgan fingerprint density at radius 2 is 2.08 bits per heavy atom. The molecule has 0 N–H and O–H groups in total. The molecule has 2 heteroatoms. The highest BCUT2D eigenvalue weighted by Gasteiger charge is 2.24. The van der Waals surface area contributed by atoms with E-state index in [1.54, 1.807) is 0 Å². The van der Waals surface area contributed by atoms with E-state index in [1.807, 2.05) is 0 Å². The van der Waals surface area contributed by atoms with Gasteiger partial charge in [-0.05, 0) is 19.4 Å². The summed E-state index contributed by atoms with van der Waals surface area (Å²) >= 11 is 0. The molecule has 0 atom stereocenters. The second kappa shape index (κ2) is 3.69. The van der Waals surface area contributed by atoms with Crippen molar-refractivity contribution in [1.29, 1.82) is 0 Å². The summed E-state index contributed by atoms with van der Waals surface area (Å²) in [6, 6.07) is 10.7. The van der Waals surface area contributed by atoms with Crippen molar-refractivity contribution in [3.05, 3.63) is 42.6 Å². The van der Waals surface area contributed by atoms with Crippen LogP contribution in [0.3, 0.4) is 0 Å². The van der Waals surface area contributed by atoms with Gasteiger partial charge in [0.25, 0.3) is 6.85 Å². The molecular formula is C11H14BN. The molecule has 1 aromatic carbocycles. The van der Waals surface area contributed by atoms with E-state index in [0.29, 0.717) is 6.85 Å². The van der Waals surface area contributed by atoms with Gasteiger partial charge in [-0.1, -0.05) is 41.9 Å². The van der Waals surface area contributed by atoms with Gasteiger partial charge in [-0.3, -0.25) is 0 Å². The van der Waals surface area contributed by atoms with Gasteiger partial charge in [-0.25, -0.2) is 0 Å². The first kappa shape index (κ1) is 8.42. The lowest BCUT2D eigenvalue weighted by Crippen LogP contribution is -2.41. The summed E-state index contributed by atoms with van der Waals surface area (Å²) in [5.74, 6) is 0. The van der Waals surface area contributed by atoms with Crippen LogP contribution < -0.4 is 5.46 Å². The molecule has 0 amide bonds. The Kier molecular flexibility index (Phi) is 2.39. The van der Waals surface area contributed by atoms with Crippen LogP contribution in [0.1, 0.15) is 6.92 Å². The highest BCUT2D eigenvalue weighted by molar-refractivity contribution is 6.72. The fraction of sp³-hybridized carbons (Fsp3) is 0.273. The Balaban J connectivity index is 2.18. The molecule has 2 rings (SSSR count). The first-order valence-electron chi connectivity index (χ1n) is 4.89. The van der Waals surface area contributed by atoms with Gasteiger partial charge in [0.05, 0.1) is 0 Å². The lowest BCUT2D eigenvalue weighted by Gasteiger charge is -2.21. The van der Waals surface area contributed by atoms with Crippen molar-refractivity contribution in [1.82, 2.24) is 4.81 Å². The van der Waals surface area contributed by atoms with Crippen LogP contribution in [0.5, 0.6) is 0 Å². The van der Waals surface area contributed by atoms with E-state index in [-0.39, 0.29) is 0 Å². The molecule has 0 spiro atoms. The topological polar surface area (TPSA) is 3.24 Å². The summed E-state index contributed by atoms with van der Waals surface area (Å²) in [6.45, 7) is 3.87. The Bertz CT molecular complexity index is 294. The van der Waals surface area contributed by atoms with E-state index in [0.717, 1.165) is 12.9 Å². The van der Waals surface area contributed by atoms with E-state index in [2.05, 4.69) is 54.3 Å². The summed E-state index contributed by atoms with van der Waals surface area (Å²) in [4.78, 5) is 2.38. The number of allylic oxidation sites excluding steroid dienone is 1. The lowest BCUT2D eigenvalue weighted by molar-refractivity contribution is 0.626. The predicted octanol–water partition coefficient (Wildman–Crippen LogP) is 1.73. The molecule has 1 heterocycles. The maximum absolute atomic E-state index is 2.38. The number of hydrogen-bond acceptors (Lipinski definition) is 1. The van der Waals surface area contributed by atoms with Gasteiger partial charge in [0, 0.05) is 6.54 Å². The van der Waals surface area contributed by atoms with Crippen molar-refractivity contribution >= 4 is 12.3 Å². The molecule has 0 bridgehead atoms. The van der Waals surface area contributed by atoms with Crippen molar-refractivity contribution in [3.8, 4) is 0 Å². The molecule has 13 heavy (non-hydrogen) atoms. The standard InChI is InChI=1S/C11H14BN/c1-2-13-10-6-9-12(13)11-7-4-3-5-8-11/h3-8,10H,2,9H2,1H3. The fourth-order valence-corrected chi connectivity index (χ4v) is 1.89. The minimum Gasteiger partial charge on any atom is -0.417 e.